The molecule has 4 rings (SSSR count). The van der Waals surface area contributed by atoms with Crippen LogP contribution in [0.1, 0.15) is 17.4 Å². The van der Waals surface area contributed by atoms with Gasteiger partial charge in [0.05, 0.1) is 0 Å². The van der Waals surface area contributed by atoms with Crippen LogP contribution in [-0.4, -0.2) is 71.5 Å². The molecule has 0 unspecified atom stereocenters. The summed E-state index contributed by atoms with van der Waals surface area (Å²) in [5.41, 5.74) is 1.05. The van der Waals surface area contributed by atoms with Crippen molar-refractivity contribution < 1.29 is 23.9 Å². The normalized spacial score (nSPS) is 15.6. The van der Waals surface area contributed by atoms with Gasteiger partial charge in [0.2, 0.25) is 11.8 Å². The Labute approximate surface area is 174 Å². The molecular weight excluding hydrogens is 388 g/mol. The second-order valence-corrected chi connectivity index (χ2v) is 7.23. The van der Waals surface area contributed by atoms with Crippen molar-refractivity contribution in [3.63, 3.8) is 0 Å². The van der Waals surface area contributed by atoms with E-state index < -0.39 is 0 Å². The minimum absolute atomic E-state index is 0.00985. The molecule has 0 spiro atoms. The van der Waals surface area contributed by atoms with Crippen LogP contribution >= 0.6 is 0 Å². The summed E-state index contributed by atoms with van der Waals surface area (Å²) in [6.07, 6.45) is 1.71. The number of aromatic nitrogens is 1. The van der Waals surface area contributed by atoms with E-state index >= 15 is 0 Å². The van der Waals surface area contributed by atoms with E-state index in [4.69, 9.17) is 9.47 Å². The number of rotatable bonds is 4. The standard InChI is InChI=1S/C21H24N4O5/c1-15(26)23-7-9-24(10-8-23)21(28)17-3-2-6-25(17)14-20(27)22-16-4-5-18-19(13-16)30-12-11-29-18/h2-6,13H,7-12,14H2,1H3,(H,22,27). The van der Waals surface area contributed by atoms with Gasteiger partial charge in [-0.05, 0) is 24.3 Å². The first kappa shape index (κ1) is 19.8. The number of nitrogens with one attached hydrogen (secondary N) is 1. The zero-order valence-corrected chi connectivity index (χ0v) is 16.8. The van der Waals surface area contributed by atoms with Crippen molar-refractivity contribution in [1.29, 1.82) is 0 Å². The van der Waals surface area contributed by atoms with Crippen molar-refractivity contribution >= 4 is 23.4 Å². The van der Waals surface area contributed by atoms with Crippen molar-refractivity contribution in [2.24, 2.45) is 0 Å². The highest BCUT2D eigenvalue weighted by Gasteiger charge is 2.25. The van der Waals surface area contributed by atoms with Gasteiger partial charge < -0.3 is 29.2 Å². The van der Waals surface area contributed by atoms with Gasteiger partial charge in [-0.25, -0.2) is 0 Å². The Balaban J connectivity index is 1.38. The number of amides is 3. The van der Waals surface area contributed by atoms with E-state index in [-0.39, 0.29) is 24.3 Å². The zero-order chi connectivity index (χ0) is 21.1. The first-order chi connectivity index (χ1) is 14.5. The molecule has 2 aliphatic heterocycles. The molecule has 1 aromatic carbocycles. The summed E-state index contributed by atoms with van der Waals surface area (Å²) >= 11 is 0. The molecule has 1 aromatic heterocycles. The lowest BCUT2D eigenvalue weighted by Gasteiger charge is -2.34. The zero-order valence-electron chi connectivity index (χ0n) is 16.8. The predicted octanol–water partition coefficient (Wildman–Crippen LogP) is 1.20. The molecule has 3 amide bonds. The Hall–Kier alpha value is -3.49. The lowest BCUT2D eigenvalue weighted by molar-refractivity contribution is -0.130. The van der Waals surface area contributed by atoms with E-state index in [0.29, 0.717) is 62.3 Å². The molecule has 1 fully saturated rings. The van der Waals surface area contributed by atoms with E-state index in [0.717, 1.165) is 0 Å². The summed E-state index contributed by atoms with van der Waals surface area (Å²) in [7, 11) is 0. The maximum atomic E-state index is 12.9. The fourth-order valence-corrected chi connectivity index (χ4v) is 3.61. The lowest BCUT2D eigenvalue weighted by atomic mass is 10.2. The van der Waals surface area contributed by atoms with Gasteiger partial charge in [0, 0.05) is 51.1 Å². The molecule has 3 heterocycles. The van der Waals surface area contributed by atoms with Crippen LogP contribution in [0.3, 0.4) is 0 Å². The largest absolute Gasteiger partial charge is 0.486 e. The summed E-state index contributed by atoms with van der Waals surface area (Å²) in [5.74, 6) is 0.873. The molecule has 1 N–H and O–H groups in total. The van der Waals surface area contributed by atoms with Gasteiger partial charge in [0.15, 0.2) is 11.5 Å². The third kappa shape index (κ3) is 4.24. The maximum absolute atomic E-state index is 12.9. The Morgan fingerprint density at radius 3 is 2.40 bits per heavy atom. The number of anilines is 1. The first-order valence-electron chi connectivity index (χ1n) is 9.91. The molecule has 0 bridgehead atoms. The van der Waals surface area contributed by atoms with Crippen molar-refractivity contribution in [3.8, 4) is 11.5 Å². The van der Waals surface area contributed by atoms with Crippen LogP contribution in [0.4, 0.5) is 5.69 Å². The van der Waals surface area contributed by atoms with Crippen LogP contribution in [0.2, 0.25) is 0 Å². The Morgan fingerprint density at radius 1 is 0.967 bits per heavy atom. The summed E-state index contributed by atoms with van der Waals surface area (Å²) in [4.78, 5) is 40.3. The number of carbonyl (C=O) groups excluding carboxylic acids is 3. The molecule has 30 heavy (non-hydrogen) atoms. The SMILES string of the molecule is CC(=O)N1CCN(C(=O)c2cccn2CC(=O)Nc2ccc3c(c2)OCCO3)CC1. The van der Waals surface area contributed by atoms with Crippen LogP contribution in [0.25, 0.3) is 0 Å². The third-order valence-electron chi connectivity index (χ3n) is 5.20. The number of ether oxygens (including phenoxy) is 2. The minimum Gasteiger partial charge on any atom is -0.486 e. The molecule has 0 aliphatic carbocycles. The topological polar surface area (TPSA) is 93.1 Å². The van der Waals surface area contributed by atoms with Crippen LogP contribution in [0, 0.1) is 0 Å². The highest BCUT2D eigenvalue weighted by atomic mass is 16.6. The second kappa shape index (κ2) is 8.48. The molecule has 2 aliphatic rings. The second-order valence-electron chi connectivity index (χ2n) is 7.23. The fraction of sp³-hybridized carbons (Fsp3) is 0.381. The van der Waals surface area contributed by atoms with Gasteiger partial charge in [0.25, 0.3) is 5.91 Å². The first-order valence-corrected chi connectivity index (χ1v) is 9.91. The quantitative estimate of drug-likeness (QED) is 0.815. The summed E-state index contributed by atoms with van der Waals surface area (Å²) in [5, 5.41) is 2.83. The summed E-state index contributed by atoms with van der Waals surface area (Å²) < 4.78 is 12.6. The number of fused-ring (bicyclic) bond motifs is 1. The van der Waals surface area contributed by atoms with Crippen LogP contribution < -0.4 is 14.8 Å². The van der Waals surface area contributed by atoms with E-state index in [2.05, 4.69) is 5.32 Å². The van der Waals surface area contributed by atoms with Gasteiger partial charge in [-0.1, -0.05) is 0 Å². The molecule has 158 valence electrons. The van der Waals surface area contributed by atoms with Gasteiger partial charge >= 0.3 is 0 Å². The van der Waals surface area contributed by atoms with Crippen LogP contribution in [-0.2, 0) is 16.1 Å². The molecule has 0 atom stereocenters. The molecule has 0 saturated carbocycles. The number of nitrogens with zero attached hydrogens (tertiary/aromatic N) is 3. The number of carbonyl (C=O) groups is 3. The van der Waals surface area contributed by atoms with Gasteiger partial charge in [-0.3, -0.25) is 14.4 Å². The van der Waals surface area contributed by atoms with Crippen molar-refractivity contribution in [2.75, 3.05) is 44.7 Å². The molecule has 2 aromatic rings. The molecule has 9 nitrogen and oxygen atoms in total. The van der Waals surface area contributed by atoms with Gasteiger partial charge in [-0.2, -0.15) is 0 Å². The minimum atomic E-state index is -0.252. The van der Waals surface area contributed by atoms with E-state index in [9.17, 15) is 14.4 Å². The average molecular weight is 412 g/mol. The summed E-state index contributed by atoms with van der Waals surface area (Å²) in [6, 6.07) is 8.69. The van der Waals surface area contributed by atoms with Crippen molar-refractivity contribution in [1.82, 2.24) is 14.4 Å². The maximum Gasteiger partial charge on any atom is 0.270 e. The van der Waals surface area contributed by atoms with E-state index in [1.807, 2.05) is 0 Å². The average Bonchev–Trinajstić information content (AvgIpc) is 3.21. The molecular formula is C21H24N4O5. The number of piperazine rings is 1. The Bertz CT molecular complexity index is 962. The van der Waals surface area contributed by atoms with E-state index in [1.165, 1.54) is 6.92 Å². The van der Waals surface area contributed by atoms with Crippen molar-refractivity contribution in [2.45, 2.75) is 13.5 Å². The number of hydrogen-bond donors (Lipinski definition) is 1. The molecule has 0 radical (unpaired) electrons. The number of benzene rings is 1. The molecule has 1 saturated heterocycles. The lowest BCUT2D eigenvalue weighted by Crippen LogP contribution is -2.50. The van der Waals surface area contributed by atoms with Crippen molar-refractivity contribution in [3.05, 3.63) is 42.2 Å². The summed E-state index contributed by atoms with van der Waals surface area (Å²) in [6.45, 7) is 4.52. The third-order valence-corrected chi connectivity index (χ3v) is 5.20. The van der Waals surface area contributed by atoms with Gasteiger partial charge in [-0.15, -0.1) is 0 Å². The molecule has 9 heteroatoms. The number of hydrogen-bond acceptors (Lipinski definition) is 5. The van der Waals surface area contributed by atoms with Crippen LogP contribution in [0.5, 0.6) is 11.5 Å². The highest BCUT2D eigenvalue weighted by molar-refractivity contribution is 5.95. The van der Waals surface area contributed by atoms with Gasteiger partial charge in [0.1, 0.15) is 25.5 Å². The smallest absolute Gasteiger partial charge is 0.270 e. The highest BCUT2D eigenvalue weighted by Crippen LogP contribution is 2.32. The predicted molar refractivity (Wildman–Crippen MR) is 109 cm³/mol. The monoisotopic (exact) mass is 412 g/mol. The fourth-order valence-electron chi connectivity index (χ4n) is 3.61. The van der Waals surface area contributed by atoms with E-state index in [1.54, 1.807) is 50.9 Å². The Kier molecular flexibility index (Phi) is 5.60. The van der Waals surface area contributed by atoms with Crippen LogP contribution in [0.15, 0.2) is 36.5 Å². The Morgan fingerprint density at radius 2 is 1.67 bits per heavy atom.